The number of amides is 2. The highest BCUT2D eigenvalue weighted by atomic mass is 16.4. The molecule has 0 saturated carbocycles. The number of likely N-dealkylation sites (tertiary alicyclic amines) is 1. The van der Waals surface area contributed by atoms with Crippen molar-refractivity contribution in [1.29, 1.82) is 0 Å². The first-order chi connectivity index (χ1) is 8.52. The maximum absolute atomic E-state index is 11.9. The van der Waals surface area contributed by atoms with Gasteiger partial charge in [0.05, 0.1) is 0 Å². The number of unbranched alkanes of at least 4 members (excludes halogenated alkanes) is 1. The number of rotatable bonds is 6. The Labute approximate surface area is 109 Å². The average molecular weight is 256 g/mol. The fourth-order valence-corrected chi connectivity index (χ4v) is 2.32. The number of carbonyl (C=O) groups excluding carboxylic acids is 1. The van der Waals surface area contributed by atoms with E-state index in [1.165, 1.54) is 0 Å². The smallest absolute Gasteiger partial charge is 0.317 e. The lowest BCUT2D eigenvalue weighted by Crippen LogP contribution is -2.42. The van der Waals surface area contributed by atoms with Crippen LogP contribution in [0.2, 0.25) is 0 Å². The highest BCUT2D eigenvalue weighted by Gasteiger charge is 2.28. The Kier molecular flexibility index (Phi) is 5.95. The van der Waals surface area contributed by atoms with Gasteiger partial charge in [-0.05, 0) is 25.7 Å². The second-order valence-corrected chi connectivity index (χ2v) is 5.19. The van der Waals surface area contributed by atoms with Crippen LogP contribution in [0.25, 0.3) is 0 Å². The molecule has 0 aliphatic carbocycles. The van der Waals surface area contributed by atoms with E-state index < -0.39 is 5.97 Å². The fraction of sp³-hybridized carbons (Fsp3) is 0.846. The molecule has 2 unspecified atom stereocenters. The van der Waals surface area contributed by atoms with Crippen LogP contribution in [-0.4, -0.2) is 41.1 Å². The number of carboxylic acid groups (broad SMARTS) is 1. The van der Waals surface area contributed by atoms with Crippen molar-refractivity contribution in [2.45, 2.75) is 52.0 Å². The molecule has 18 heavy (non-hydrogen) atoms. The minimum atomic E-state index is -0.779. The van der Waals surface area contributed by atoms with Gasteiger partial charge < -0.3 is 15.3 Å². The third-order valence-corrected chi connectivity index (χ3v) is 3.40. The van der Waals surface area contributed by atoms with E-state index in [1.54, 1.807) is 4.90 Å². The van der Waals surface area contributed by atoms with Crippen LogP contribution in [0.5, 0.6) is 0 Å². The Hall–Kier alpha value is -1.26. The van der Waals surface area contributed by atoms with Gasteiger partial charge in [-0.25, -0.2) is 4.79 Å². The minimum Gasteiger partial charge on any atom is -0.481 e. The van der Waals surface area contributed by atoms with Crippen LogP contribution in [0.4, 0.5) is 4.79 Å². The van der Waals surface area contributed by atoms with Crippen molar-refractivity contribution in [3.8, 4) is 0 Å². The van der Waals surface area contributed by atoms with Crippen LogP contribution in [0, 0.1) is 5.92 Å². The molecule has 1 aliphatic heterocycles. The fourth-order valence-electron chi connectivity index (χ4n) is 2.32. The first-order valence-corrected chi connectivity index (χ1v) is 6.80. The number of hydrogen-bond donors (Lipinski definition) is 2. The molecule has 0 radical (unpaired) electrons. The average Bonchev–Trinajstić information content (AvgIpc) is 2.73. The number of hydrogen-bond acceptors (Lipinski definition) is 2. The van der Waals surface area contributed by atoms with Crippen molar-refractivity contribution in [3.63, 3.8) is 0 Å². The summed E-state index contributed by atoms with van der Waals surface area (Å²) in [6.45, 7) is 5.38. The molecule has 0 aromatic rings. The molecule has 0 spiro atoms. The summed E-state index contributed by atoms with van der Waals surface area (Å²) in [5.41, 5.74) is 0. The SMILES string of the molecule is CCCCC(C)NC(=O)N1CCC(CC(=O)O)C1. The molecule has 1 rings (SSSR count). The van der Waals surface area contributed by atoms with Gasteiger partial charge in [0.1, 0.15) is 0 Å². The van der Waals surface area contributed by atoms with E-state index in [4.69, 9.17) is 5.11 Å². The molecule has 0 bridgehead atoms. The van der Waals surface area contributed by atoms with Gasteiger partial charge in [0.25, 0.3) is 0 Å². The summed E-state index contributed by atoms with van der Waals surface area (Å²) in [5.74, 6) is -0.669. The minimum absolute atomic E-state index is 0.0495. The Bertz CT molecular complexity index is 294. The van der Waals surface area contributed by atoms with Crippen LogP contribution in [-0.2, 0) is 4.79 Å². The summed E-state index contributed by atoms with van der Waals surface area (Å²) in [5, 5.41) is 11.7. The van der Waals surface area contributed by atoms with E-state index in [0.29, 0.717) is 13.1 Å². The maximum Gasteiger partial charge on any atom is 0.317 e. The second kappa shape index (κ2) is 7.24. The van der Waals surface area contributed by atoms with Gasteiger partial charge in [0, 0.05) is 25.6 Å². The molecule has 0 aromatic carbocycles. The lowest BCUT2D eigenvalue weighted by atomic mass is 10.1. The number of aliphatic carboxylic acids is 1. The maximum atomic E-state index is 11.9. The third kappa shape index (κ3) is 4.94. The lowest BCUT2D eigenvalue weighted by molar-refractivity contribution is -0.138. The van der Waals surface area contributed by atoms with Crippen LogP contribution < -0.4 is 5.32 Å². The number of nitrogens with zero attached hydrogens (tertiary/aromatic N) is 1. The normalized spacial score (nSPS) is 20.8. The van der Waals surface area contributed by atoms with E-state index in [9.17, 15) is 9.59 Å². The highest BCUT2D eigenvalue weighted by Crippen LogP contribution is 2.19. The molecule has 5 heteroatoms. The molecule has 0 aromatic heterocycles. The molecule has 5 nitrogen and oxygen atoms in total. The number of urea groups is 1. The topological polar surface area (TPSA) is 69.6 Å². The van der Waals surface area contributed by atoms with Gasteiger partial charge in [-0.1, -0.05) is 19.8 Å². The monoisotopic (exact) mass is 256 g/mol. The van der Waals surface area contributed by atoms with E-state index in [1.807, 2.05) is 6.92 Å². The largest absolute Gasteiger partial charge is 0.481 e. The molecule has 1 saturated heterocycles. The predicted molar refractivity (Wildman–Crippen MR) is 69.5 cm³/mol. The summed E-state index contributed by atoms with van der Waals surface area (Å²) in [6.07, 6.45) is 4.20. The molecular weight excluding hydrogens is 232 g/mol. The summed E-state index contributed by atoms with van der Waals surface area (Å²) >= 11 is 0. The summed E-state index contributed by atoms with van der Waals surface area (Å²) in [7, 11) is 0. The van der Waals surface area contributed by atoms with E-state index >= 15 is 0 Å². The Balaban J connectivity index is 2.29. The van der Waals surface area contributed by atoms with Gasteiger partial charge in [-0.15, -0.1) is 0 Å². The molecule has 1 aliphatic rings. The molecular formula is C13H24N2O3. The molecule has 2 atom stereocenters. The quantitative estimate of drug-likeness (QED) is 0.764. The standard InChI is InChI=1S/C13H24N2O3/c1-3-4-5-10(2)14-13(18)15-7-6-11(9-15)8-12(16)17/h10-11H,3-9H2,1-2H3,(H,14,18)(H,16,17). The number of carboxylic acids is 1. The summed E-state index contributed by atoms with van der Waals surface area (Å²) in [4.78, 5) is 24.3. The van der Waals surface area contributed by atoms with Crippen LogP contribution in [0.15, 0.2) is 0 Å². The number of nitrogens with one attached hydrogen (secondary N) is 1. The van der Waals surface area contributed by atoms with Gasteiger partial charge in [0.15, 0.2) is 0 Å². The van der Waals surface area contributed by atoms with Crippen LogP contribution in [0.3, 0.4) is 0 Å². The zero-order chi connectivity index (χ0) is 13.5. The molecule has 1 heterocycles. The van der Waals surface area contributed by atoms with Crippen molar-refractivity contribution >= 4 is 12.0 Å². The Morgan fingerprint density at radius 3 is 2.83 bits per heavy atom. The van der Waals surface area contributed by atoms with Crippen molar-refractivity contribution in [1.82, 2.24) is 10.2 Å². The zero-order valence-electron chi connectivity index (χ0n) is 11.3. The van der Waals surface area contributed by atoms with Crippen molar-refractivity contribution in [2.75, 3.05) is 13.1 Å². The Morgan fingerprint density at radius 1 is 1.50 bits per heavy atom. The lowest BCUT2D eigenvalue weighted by Gasteiger charge is -2.20. The third-order valence-electron chi connectivity index (χ3n) is 3.40. The Morgan fingerprint density at radius 2 is 2.22 bits per heavy atom. The van der Waals surface area contributed by atoms with Gasteiger partial charge in [-0.2, -0.15) is 0 Å². The zero-order valence-corrected chi connectivity index (χ0v) is 11.3. The molecule has 2 amide bonds. The summed E-state index contributed by atoms with van der Waals surface area (Å²) in [6, 6.07) is 0.141. The molecule has 2 N–H and O–H groups in total. The van der Waals surface area contributed by atoms with Gasteiger partial charge >= 0.3 is 12.0 Å². The van der Waals surface area contributed by atoms with Crippen LogP contribution in [0.1, 0.15) is 46.0 Å². The van der Waals surface area contributed by atoms with E-state index in [2.05, 4.69) is 12.2 Å². The predicted octanol–water partition coefficient (Wildman–Crippen LogP) is 2.07. The van der Waals surface area contributed by atoms with Crippen molar-refractivity contribution in [2.24, 2.45) is 5.92 Å². The van der Waals surface area contributed by atoms with Crippen LogP contribution >= 0.6 is 0 Å². The first-order valence-electron chi connectivity index (χ1n) is 6.80. The van der Waals surface area contributed by atoms with Gasteiger partial charge in [0.2, 0.25) is 0 Å². The highest BCUT2D eigenvalue weighted by molar-refractivity contribution is 5.75. The van der Waals surface area contributed by atoms with Crippen molar-refractivity contribution < 1.29 is 14.7 Å². The summed E-state index contributed by atoms with van der Waals surface area (Å²) < 4.78 is 0. The second-order valence-electron chi connectivity index (χ2n) is 5.19. The van der Waals surface area contributed by atoms with Crippen molar-refractivity contribution in [3.05, 3.63) is 0 Å². The number of carbonyl (C=O) groups is 2. The molecule has 104 valence electrons. The first kappa shape index (κ1) is 14.8. The van der Waals surface area contributed by atoms with Gasteiger partial charge in [-0.3, -0.25) is 4.79 Å². The molecule has 1 fully saturated rings. The van der Waals surface area contributed by atoms with E-state index in [0.717, 1.165) is 25.7 Å². The van der Waals surface area contributed by atoms with E-state index in [-0.39, 0.29) is 24.4 Å².